The van der Waals surface area contributed by atoms with E-state index in [-0.39, 0.29) is 35.8 Å². The molecule has 2 saturated heterocycles. The fourth-order valence-corrected chi connectivity index (χ4v) is 5.55. The molecule has 1 atom stereocenters. The molecule has 0 aliphatic carbocycles. The number of hydrogen-bond donors (Lipinski definition) is 0. The molecule has 194 valence electrons. The Bertz CT molecular complexity index is 1350. The van der Waals surface area contributed by atoms with Gasteiger partial charge in [-0.15, -0.1) is 0 Å². The number of nitrogens with zero attached hydrogens (tertiary/aromatic N) is 5. The highest BCUT2D eigenvalue weighted by Gasteiger charge is 2.38. The first kappa shape index (κ1) is 25.0. The van der Waals surface area contributed by atoms with E-state index in [4.69, 9.17) is 5.10 Å². The summed E-state index contributed by atoms with van der Waals surface area (Å²) in [6, 6.07) is 15.9. The summed E-state index contributed by atoms with van der Waals surface area (Å²) in [7, 11) is 0. The molecule has 8 heteroatoms. The highest BCUT2D eigenvalue weighted by Crippen LogP contribution is 2.31. The Morgan fingerprint density at radius 3 is 2.41 bits per heavy atom. The maximum atomic E-state index is 13.3. The van der Waals surface area contributed by atoms with Crippen molar-refractivity contribution in [1.82, 2.24) is 19.2 Å². The van der Waals surface area contributed by atoms with Crippen LogP contribution in [0.15, 0.2) is 53.3 Å². The van der Waals surface area contributed by atoms with Crippen LogP contribution in [0.5, 0.6) is 0 Å². The van der Waals surface area contributed by atoms with Gasteiger partial charge >= 0.3 is 5.69 Å². The van der Waals surface area contributed by atoms with Crippen molar-refractivity contribution in [3.63, 3.8) is 0 Å². The van der Waals surface area contributed by atoms with E-state index in [0.29, 0.717) is 32.7 Å². The van der Waals surface area contributed by atoms with E-state index in [1.54, 1.807) is 14.1 Å². The van der Waals surface area contributed by atoms with Gasteiger partial charge in [-0.25, -0.2) is 9.48 Å². The van der Waals surface area contributed by atoms with Crippen LogP contribution >= 0.6 is 0 Å². The molecule has 1 aromatic heterocycles. The van der Waals surface area contributed by atoms with E-state index in [0.717, 1.165) is 35.5 Å². The third kappa shape index (κ3) is 4.97. The van der Waals surface area contributed by atoms with Crippen molar-refractivity contribution in [2.45, 2.75) is 59.0 Å². The molecule has 0 N–H and O–H groups in total. The van der Waals surface area contributed by atoms with Gasteiger partial charge in [-0.05, 0) is 62.4 Å². The van der Waals surface area contributed by atoms with E-state index < -0.39 is 0 Å². The summed E-state index contributed by atoms with van der Waals surface area (Å²) in [6.07, 6.45) is 1.77. The van der Waals surface area contributed by atoms with E-state index >= 15 is 0 Å². The molecule has 3 heterocycles. The lowest BCUT2D eigenvalue weighted by atomic mass is 9.94. The molecule has 2 aromatic carbocycles. The van der Waals surface area contributed by atoms with Gasteiger partial charge < -0.3 is 9.80 Å². The molecule has 0 bridgehead atoms. The van der Waals surface area contributed by atoms with Gasteiger partial charge in [-0.1, -0.05) is 36.4 Å². The summed E-state index contributed by atoms with van der Waals surface area (Å²) < 4.78 is 3.32. The van der Waals surface area contributed by atoms with Crippen LogP contribution in [0.3, 0.4) is 0 Å². The second kappa shape index (κ2) is 10.4. The van der Waals surface area contributed by atoms with Crippen LogP contribution in [-0.2, 0) is 22.7 Å². The molecule has 0 saturated carbocycles. The molecular formula is C29H35N5O3. The normalized spacial score (nSPS) is 18.6. The predicted octanol–water partition coefficient (Wildman–Crippen LogP) is 3.49. The quantitative estimate of drug-likeness (QED) is 0.518. The van der Waals surface area contributed by atoms with Crippen LogP contribution in [0.25, 0.3) is 0 Å². The topological polar surface area (TPSA) is 80.4 Å². The molecular weight excluding hydrogens is 466 g/mol. The summed E-state index contributed by atoms with van der Waals surface area (Å²) in [5.74, 6) is 0.691. The van der Waals surface area contributed by atoms with Crippen LogP contribution in [0.2, 0.25) is 0 Å². The van der Waals surface area contributed by atoms with Crippen molar-refractivity contribution >= 4 is 17.5 Å². The molecule has 0 radical (unpaired) electrons. The number of rotatable bonds is 6. The highest BCUT2D eigenvalue weighted by molar-refractivity contribution is 6.00. The molecule has 2 aliphatic rings. The van der Waals surface area contributed by atoms with Gasteiger partial charge in [0.25, 0.3) is 0 Å². The fourth-order valence-electron chi connectivity index (χ4n) is 5.55. The second-order valence-electron chi connectivity index (χ2n) is 10.3. The number of aryl methyl sites for hydroxylation is 2. The number of benzene rings is 2. The standard InChI is InChI=1S/C29H35N5O3/c1-4-32-27(30-34(29(32)37)18-22-8-6-5-7-9-22)23-12-14-31(15-13-23)28(36)24-17-26(35)33(19-24)25-11-10-20(2)21(3)16-25/h5-11,16,23-24H,4,12-15,17-19H2,1-3H3. The molecule has 37 heavy (non-hydrogen) atoms. The van der Waals surface area contributed by atoms with E-state index in [1.807, 2.05) is 67.3 Å². The maximum Gasteiger partial charge on any atom is 0.346 e. The van der Waals surface area contributed by atoms with Crippen LogP contribution in [0, 0.1) is 19.8 Å². The van der Waals surface area contributed by atoms with Gasteiger partial charge in [0.1, 0.15) is 5.82 Å². The number of piperidine rings is 1. The second-order valence-corrected chi connectivity index (χ2v) is 10.3. The van der Waals surface area contributed by atoms with Crippen LogP contribution < -0.4 is 10.6 Å². The number of aromatic nitrogens is 3. The molecule has 0 spiro atoms. The third-order valence-electron chi connectivity index (χ3n) is 7.89. The Morgan fingerprint density at radius 1 is 1.00 bits per heavy atom. The van der Waals surface area contributed by atoms with E-state index in [1.165, 1.54) is 5.56 Å². The van der Waals surface area contributed by atoms with Crippen molar-refractivity contribution in [3.8, 4) is 0 Å². The van der Waals surface area contributed by atoms with Gasteiger partial charge in [0.05, 0.1) is 12.5 Å². The minimum atomic E-state index is -0.315. The SMILES string of the molecule is CCn1c(C2CCN(C(=O)C3CC(=O)N(c4ccc(C)c(C)c4)C3)CC2)nn(Cc2ccccc2)c1=O. The fraction of sp³-hybridized carbons (Fsp3) is 0.448. The Morgan fingerprint density at radius 2 is 1.73 bits per heavy atom. The molecule has 2 aliphatic heterocycles. The zero-order chi connectivity index (χ0) is 26.1. The summed E-state index contributed by atoms with van der Waals surface area (Å²) in [5, 5.41) is 4.73. The Kier molecular flexibility index (Phi) is 7.00. The minimum absolute atomic E-state index is 0.00686. The Hall–Kier alpha value is -3.68. The van der Waals surface area contributed by atoms with Crippen molar-refractivity contribution in [1.29, 1.82) is 0 Å². The molecule has 2 fully saturated rings. The smallest absolute Gasteiger partial charge is 0.342 e. The average molecular weight is 502 g/mol. The first-order valence-corrected chi connectivity index (χ1v) is 13.2. The zero-order valence-corrected chi connectivity index (χ0v) is 21.9. The number of carbonyl (C=O) groups excluding carboxylic acids is 2. The summed E-state index contributed by atoms with van der Waals surface area (Å²) in [4.78, 5) is 42.7. The van der Waals surface area contributed by atoms with Gasteiger partial charge in [-0.3, -0.25) is 14.2 Å². The number of likely N-dealkylation sites (tertiary alicyclic amines) is 1. The van der Waals surface area contributed by atoms with Gasteiger partial charge in [0.2, 0.25) is 11.8 Å². The summed E-state index contributed by atoms with van der Waals surface area (Å²) in [5.41, 5.74) is 4.14. The molecule has 3 aromatic rings. The molecule has 8 nitrogen and oxygen atoms in total. The highest BCUT2D eigenvalue weighted by atomic mass is 16.2. The summed E-state index contributed by atoms with van der Waals surface area (Å²) >= 11 is 0. The van der Waals surface area contributed by atoms with Crippen molar-refractivity contribution < 1.29 is 9.59 Å². The Balaban J connectivity index is 1.23. The minimum Gasteiger partial charge on any atom is -0.342 e. The maximum absolute atomic E-state index is 13.3. The lowest BCUT2D eigenvalue weighted by Crippen LogP contribution is -2.42. The number of amides is 2. The monoisotopic (exact) mass is 501 g/mol. The first-order chi connectivity index (χ1) is 17.9. The lowest BCUT2D eigenvalue weighted by molar-refractivity contribution is -0.136. The Labute approximate surface area is 217 Å². The van der Waals surface area contributed by atoms with Crippen molar-refractivity contribution in [2.75, 3.05) is 24.5 Å². The van der Waals surface area contributed by atoms with Crippen molar-refractivity contribution in [2.24, 2.45) is 5.92 Å². The lowest BCUT2D eigenvalue weighted by Gasteiger charge is -2.33. The number of anilines is 1. The van der Waals surface area contributed by atoms with Crippen LogP contribution in [0.1, 0.15) is 54.6 Å². The van der Waals surface area contributed by atoms with Crippen molar-refractivity contribution in [3.05, 3.63) is 81.5 Å². The molecule has 5 rings (SSSR count). The van der Waals surface area contributed by atoms with E-state index in [9.17, 15) is 14.4 Å². The number of hydrogen-bond acceptors (Lipinski definition) is 4. The third-order valence-corrected chi connectivity index (χ3v) is 7.89. The van der Waals surface area contributed by atoms with Gasteiger partial charge in [0.15, 0.2) is 0 Å². The zero-order valence-electron chi connectivity index (χ0n) is 21.9. The van der Waals surface area contributed by atoms with Gasteiger partial charge in [-0.2, -0.15) is 5.10 Å². The average Bonchev–Trinajstić information content (AvgIpc) is 3.45. The largest absolute Gasteiger partial charge is 0.346 e. The predicted molar refractivity (Wildman–Crippen MR) is 143 cm³/mol. The summed E-state index contributed by atoms with van der Waals surface area (Å²) in [6.45, 7) is 8.73. The number of carbonyl (C=O) groups is 2. The van der Waals surface area contributed by atoms with Crippen LogP contribution in [0.4, 0.5) is 5.69 Å². The molecule has 1 unspecified atom stereocenters. The first-order valence-electron chi connectivity index (χ1n) is 13.2. The van der Waals surface area contributed by atoms with E-state index in [2.05, 4.69) is 6.92 Å². The van der Waals surface area contributed by atoms with Crippen LogP contribution in [-0.4, -0.2) is 50.7 Å². The van der Waals surface area contributed by atoms with Gasteiger partial charge in [0, 0.05) is 44.2 Å². The molecule has 2 amide bonds.